The van der Waals surface area contributed by atoms with Crippen molar-refractivity contribution in [3.05, 3.63) is 57.3 Å². The second kappa shape index (κ2) is 22.8. The van der Waals surface area contributed by atoms with E-state index in [0.717, 1.165) is 30.2 Å². The van der Waals surface area contributed by atoms with Crippen molar-refractivity contribution in [2.75, 3.05) is 0 Å². The molecule has 1 aromatic carbocycles. The van der Waals surface area contributed by atoms with Crippen LogP contribution >= 0.6 is 0 Å². The summed E-state index contributed by atoms with van der Waals surface area (Å²) >= 11 is 0. The third kappa shape index (κ3) is 17.6. The average Bonchev–Trinajstić information content (AvgIpc) is 3.04. The van der Waals surface area contributed by atoms with Crippen LogP contribution in [0.4, 0.5) is 0 Å². The Morgan fingerprint density at radius 2 is 1.36 bits per heavy atom. The zero-order chi connectivity index (χ0) is 16.3. The smallest absolute Gasteiger partial charge is 0.0460 e. The number of aromatic amines is 1. The van der Waals surface area contributed by atoms with Gasteiger partial charge in [-0.2, -0.15) is 0 Å². The van der Waals surface area contributed by atoms with Crippen LogP contribution in [0, 0.1) is 26.8 Å². The van der Waals surface area contributed by atoms with Crippen LogP contribution in [0.2, 0.25) is 0 Å². The van der Waals surface area contributed by atoms with Crippen molar-refractivity contribution in [2.24, 2.45) is 0 Å². The maximum atomic E-state index is 3.60. The molecule has 1 aromatic heterocycles. The molecule has 0 spiro atoms. The third-order valence-corrected chi connectivity index (χ3v) is 2.44. The maximum absolute atomic E-state index is 3.60. The minimum atomic E-state index is 0. The molecule has 1 heterocycles. The molecule has 0 fully saturated rings. The number of H-pyrrole nitrogens is 1. The first-order valence-electron chi connectivity index (χ1n) is 8.03. The second-order valence-electron chi connectivity index (χ2n) is 4.54. The van der Waals surface area contributed by atoms with E-state index in [4.69, 9.17) is 0 Å². The van der Waals surface area contributed by atoms with Crippen molar-refractivity contribution in [3.8, 4) is 0 Å². The summed E-state index contributed by atoms with van der Waals surface area (Å²) in [5.74, 6) is 0. The van der Waals surface area contributed by atoms with Crippen LogP contribution in [0.5, 0.6) is 0 Å². The predicted molar refractivity (Wildman–Crippen MR) is 104 cm³/mol. The Morgan fingerprint density at radius 1 is 0.909 bits per heavy atom. The Morgan fingerprint density at radius 3 is 1.73 bits per heavy atom. The Kier molecular flexibility index (Phi) is 27.5. The average molecular weight is 406 g/mol. The quantitative estimate of drug-likeness (QED) is 0.564. The normalized spacial score (nSPS) is 8.27. The van der Waals surface area contributed by atoms with Gasteiger partial charge in [-0.1, -0.05) is 92.2 Å². The molecular formula is C20H33NSn. The number of hydrogen-bond donors (Lipinski definition) is 1. The molecule has 0 bridgehead atoms. The molecule has 0 saturated heterocycles. The van der Waals surface area contributed by atoms with Crippen molar-refractivity contribution in [1.82, 2.24) is 4.98 Å². The van der Waals surface area contributed by atoms with E-state index in [9.17, 15) is 0 Å². The van der Waals surface area contributed by atoms with E-state index in [-0.39, 0.29) is 23.9 Å². The van der Waals surface area contributed by atoms with Crippen molar-refractivity contribution in [2.45, 2.75) is 59.3 Å². The molecule has 0 unspecified atom stereocenters. The first kappa shape index (κ1) is 26.5. The summed E-state index contributed by atoms with van der Waals surface area (Å²) in [7, 11) is 0. The van der Waals surface area contributed by atoms with Crippen LogP contribution in [-0.2, 0) is 0 Å². The standard InChI is InChI=1S/C8H6N.3C4H9.Sn/c1-2-4-8-7(3-1)5-6-9-8;3*1-3-4-2;/h1-2,4-6,9H;3*1,3-4H2,2H3;. The molecular weight excluding hydrogens is 373 g/mol. The summed E-state index contributed by atoms with van der Waals surface area (Å²) in [6.45, 7) is 17.2. The third-order valence-electron chi connectivity index (χ3n) is 2.44. The van der Waals surface area contributed by atoms with Crippen LogP contribution in [0.25, 0.3) is 10.9 Å². The van der Waals surface area contributed by atoms with E-state index in [2.05, 4.69) is 52.6 Å². The molecule has 0 aliphatic heterocycles. The Labute approximate surface area is 156 Å². The van der Waals surface area contributed by atoms with Crippen LogP contribution < -0.4 is 0 Å². The maximum Gasteiger partial charge on any atom is 0.0460 e. The van der Waals surface area contributed by atoms with Crippen LogP contribution in [-0.4, -0.2) is 28.9 Å². The number of benzene rings is 1. The van der Waals surface area contributed by atoms with Gasteiger partial charge in [0.1, 0.15) is 0 Å². The van der Waals surface area contributed by atoms with Gasteiger partial charge in [0.2, 0.25) is 0 Å². The second-order valence-corrected chi connectivity index (χ2v) is 4.54. The minimum absolute atomic E-state index is 0. The SMILES string of the molecule is [CH2]CCC.[CH2]CCC.[CH2]CCC.[Sn].[c]1cccc2[nH]ccc12. The van der Waals surface area contributed by atoms with Crippen molar-refractivity contribution < 1.29 is 0 Å². The summed E-state index contributed by atoms with van der Waals surface area (Å²) in [6, 6.07) is 11.0. The molecule has 0 aliphatic rings. The van der Waals surface area contributed by atoms with Gasteiger partial charge < -0.3 is 4.98 Å². The van der Waals surface area contributed by atoms with E-state index in [0.29, 0.717) is 0 Å². The van der Waals surface area contributed by atoms with Gasteiger partial charge in [0.25, 0.3) is 0 Å². The van der Waals surface area contributed by atoms with E-state index >= 15 is 0 Å². The van der Waals surface area contributed by atoms with Gasteiger partial charge in [-0.25, -0.2) is 0 Å². The molecule has 22 heavy (non-hydrogen) atoms. The van der Waals surface area contributed by atoms with E-state index < -0.39 is 0 Å². The number of unbranched alkanes of at least 4 members (excludes halogenated alkanes) is 3. The van der Waals surface area contributed by atoms with E-state index in [1.807, 2.05) is 30.5 Å². The summed E-state index contributed by atoms with van der Waals surface area (Å²) in [5.41, 5.74) is 1.15. The first-order chi connectivity index (χ1) is 10.2. The molecule has 0 aliphatic carbocycles. The van der Waals surface area contributed by atoms with Crippen molar-refractivity contribution in [1.29, 1.82) is 0 Å². The monoisotopic (exact) mass is 407 g/mol. The van der Waals surface area contributed by atoms with Crippen LogP contribution in [0.15, 0.2) is 30.5 Å². The Bertz CT molecular complexity index is 350. The molecule has 0 atom stereocenters. The molecule has 1 nitrogen and oxygen atoms in total. The summed E-state index contributed by atoms with van der Waals surface area (Å²) in [6.07, 6.45) is 8.75. The fourth-order valence-electron chi connectivity index (χ4n) is 0.928. The van der Waals surface area contributed by atoms with Gasteiger partial charge >= 0.3 is 0 Å². The molecule has 122 valence electrons. The summed E-state index contributed by atoms with van der Waals surface area (Å²) in [5, 5.41) is 1.15. The van der Waals surface area contributed by atoms with Crippen molar-refractivity contribution in [3.63, 3.8) is 0 Å². The molecule has 2 rings (SSSR count). The predicted octanol–water partition coefficient (Wildman–Crippen LogP) is 6.45. The molecule has 1 N–H and O–H groups in total. The molecule has 2 heteroatoms. The molecule has 2 aromatic rings. The fourth-order valence-corrected chi connectivity index (χ4v) is 0.928. The number of rotatable bonds is 3. The van der Waals surface area contributed by atoms with Crippen LogP contribution in [0.3, 0.4) is 0 Å². The largest absolute Gasteiger partial charge is 0.361 e. The van der Waals surface area contributed by atoms with Gasteiger partial charge in [0, 0.05) is 41.0 Å². The Hall–Kier alpha value is -0.441. The van der Waals surface area contributed by atoms with E-state index in [1.165, 1.54) is 19.3 Å². The van der Waals surface area contributed by atoms with Crippen molar-refractivity contribution >= 4 is 34.8 Å². The topological polar surface area (TPSA) is 15.8 Å². The number of fused-ring (bicyclic) bond motifs is 1. The zero-order valence-electron chi connectivity index (χ0n) is 14.8. The van der Waals surface area contributed by atoms with Gasteiger partial charge in [0.05, 0.1) is 0 Å². The minimum Gasteiger partial charge on any atom is -0.361 e. The van der Waals surface area contributed by atoms with Gasteiger partial charge in [0.15, 0.2) is 0 Å². The number of hydrogen-bond acceptors (Lipinski definition) is 0. The van der Waals surface area contributed by atoms with Crippen LogP contribution in [0.1, 0.15) is 59.3 Å². The number of nitrogens with one attached hydrogen (secondary N) is 1. The van der Waals surface area contributed by atoms with Gasteiger partial charge in [-0.3, -0.25) is 0 Å². The summed E-state index contributed by atoms with van der Waals surface area (Å²) in [4.78, 5) is 3.09. The molecule has 8 radical (unpaired) electrons. The molecule has 0 amide bonds. The first-order valence-corrected chi connectivity index (χ1v) is 8.03. The molecule has 0 saturated carbocycles. The van der Waals surface area contributed by atoms with Gasteiger partial charge in [-0.15, -0.1) is 0 Å². The summed E-state index contributed by atoms with van der Waals surface area (Å²) < 4.78 is 0. The fraction of sp³-hybridized carbons (Fsp3) is 0.450. The number of aromatic nitrogens is 1. The van der Waals surface area contributed by atoms with E-state index in [1.54, 1.807) is 0 Å². The zero-order valence-corrected chi connectivity index (χ0v) is 17.6. The van der Waals surface area contributed by atoms with Gasteiger partial charge in [-0.05, 0) is 18.2 Å². The Balaban J connectivity index is -0.000000241.